The second-order valence-corrected chi connectivity index (χ2v) is 5.12. The summed E-state index contributed by atoms with van der Waals surface area (Å²) in [6.07, 6.45) is 4.15. The van der Waals surface area contributed by atoms with Crippen LogP contribution in [0.3, 0.4) is 0 Å². The van der Waals surface area contributed by atoms with Gasteiger partial charge in [0.05, 0.1) is 6.61 Å². The summed E-state index contributed by atoms with van der Waals surface area (Å²) in [5.74, 6) is 2.50. The number of anilines is 2. The molecule has 1 heterocycles. The molecule has 0 saturated heterocycles. The van der Waals surface area contributed by atoms with Crippen LogP contribution in [0.2, 0.25) is 0 Å². The van der Waals surface area contributed by atoms with Crippen LogP contribution in [0.4, 0.5) is 11.6 Å². The summed E-state index contributed by atoms with van der Waals surface area (Å²) in [7, 11) is 0. The van der Waals surface area contributed by atoms with E-state index in [4.69, 9.17) is 10.5 Å². The molecule has 1 aromatic rings. The molecule has 5 heteroatoms. The van der Waals surface area contributed by atoms with Crippen LogP contribution in [0.15, 0.2) is 6.33 Å². The molecule has 2 rings (SSSR count). The lowest BCUT2D eigenvalue weighted by molar-refractivity contribution is 0.134. The Balaban J connectivity index is 1.81. The summed E-state index contributed by atoms with van der Waals surface area (Å²) in [5.41, 5.74) is 6.86. The van der Waals surface area contributed by atoms with Gasteiger partial charge in [-0.2, -0.15) is 0 Å². The molecule has 1 fully saturated rings. The van der Waals surface area contributed by atoms with E-state index in [2.05, 4.69) is 29.1 Å². The molecule has 3 N–H and O–H groups in total. The first-order valence-electron chi connectivity index (χ1n) is 6.60. The zero-order valence-corrected chi connectivity index (χ0v) is 11.1. The van der Waals surface area contributed by atoms with Crippen molar-refractivity contribution in [2.45, 2.75) is 32.6 Å². The van der Waals surface area contributed by atoms with Gasteiger partial charge in [0.2, 0.25) is 0 Å². The fourth-order valence-electron chi connectivity index (χ4n) is 1.90. The Morgan fingerprint density at radius 3 is 2.89 bits per heavy atom. The van der Waals surface area contributed by atoms with Crippen LogP contribution in [-0.2, 0) is 4.74 Å². The molecule has 5 nitrogen and oxygen atoms in total. The van der Waals surface area contributed by atoms with E-state index in [1.54, 1.807) is 0 Å². The van der Waals surface area contributed by atoms with Crippen molar-refractivity contribution in [3.8, 4) is 0 Å². The van der Waals surface area contributed by atoms with Crippen molar-refractivity contribution in [2.75, 3.05) is 30.8 Å². The van der Waals surface area contributed by atoms with E-state index in [9.17, 15) is 0 Å². The molecular weight excluding hydrogens is 228 g/mol. The number of nitrogens with one attached hydrogen (secondary N) is 1. The van der Waals surface area contributed by atoms with E-state index < -0.39 is 0 Å². The predicted molar refractivity (Wildman–Crippen MR) is 72.6 cm³/mol. The zero-order chi connectivity index (χ0) is 13.0. The molecule has 100 valence electrons. The third-order valence-electron chi connectivity index (χ3n) is 3.08. The van der Waals surface area contributed by atoms with Crippen molar-refractivity contribution in [3.63, 3.8) is 0 Å². The molecule has 0 aliphatic heterocycles. The molecule has 0 radical (unpaired) electrons. The Morgan fingerprint density at radius 1 is 1.44 bits per heavy atom. The molecule has 1 saturated carbocycles. The lowest BCUT2D eigenvalue weighted by Gasteiger charge is -2.14. The Labute approximate surface area is 108 Å². The maximum absolute atomic E-state index is 5.88. The summed E-state index contributed by atoms with van der Waals surface area (Å²) in [4.78, 5) is 8.28. The van der Waals surface area contributed by atoms with Gasteiger partial charge in [-0.1, -0.05) is 13.8 Å². The zero-order valence-electron chi connectivity index (χ0n) is 11.1. The third kappa shape index (κ3) is 3.57. The summed E-state index contributed by atoms with van der Waals surface area (Å²) in [6, 6.07) is 0. The van der Waals surface area contributed by atoms with Crippen LogP contribution in [0.5, 0.6) is 0 Å². The number of rotatable bonds is 7. The van der Waals surface area contributed by atoms with Gasteiger partial charge in [0.1, 0.15) is 18.0 Å². The maximum atomic E-state index is 5.88. The first kappa shape index (κ1) is 13.1. The van der Waals surface area contributed by atoms with Gasteiger partial charge in [-0.05, 0) is 24.7 Å². The molecule has 0 unspecified atom stereocenters. The van der Waals surface area contributed by atoms with Gasteiger partial charge < -0.3 is 15.8 Å². The quantitative estimate of drug-likeness (QED) is 0.724. The number of ether oxygens (including phenoxy) is 1. The monoisotopic (exact) mass is 250 g/mol. The highest BCUT2D eigenvalue weighted by atomic mass is 16.5. The Kier molecular flexibility index (Phi) is 4.36. The van der Waals surface area contributed by atoms with Crippen LogP contribution in [0.1, 0.15) is 38.2 Å². The molecule has 0 bridgehead atoms. The van der Waals surface area contributed by atoms with Crippen molar-refractivity contribution in [1.82, 2.24) is 9.97 Å². The average molecular weight is 250 g/mol. The lowest BCUT2D eigenvalue weighted by atomic mass is 10.0. The second kappa shape index (κ2) is 6.00. The number of hydrogen-bond acceptors (Lipinski definition) is 5. The SMILES string of the molecule is CC(C)c1c(N)ncnc1NCCOCC1CC1. The van der Waals surface area contributed by atoms with Crippen LogP contribution in [0.25, 0.3) is 0 Å². The number of hydrogen-bond donors (Lipinski definition) is 2. The van der Waals surface area contributed by atoms with E-state index in [1.165, 1.54) is 19.2 Å². The molecule has 0 amide bonds. The molecule has 0 spiro atoms. The molecular formula is C13H22N4O. The van der Waals surface area contributed by atoms with Crippen molar-refractivity contribution in [2.24, 2.45) is 5.92 Å². The lowest BCUT2D eigenvalue weighted by Crippen LogP contribution is -2.14. The first-order valence-corrected chi connectivity index (χ1v) is 6.60. The summed E-state index contributed by atoms with van der Waals surface area (Å²) >= 11 is 0. The van der Waals surface area contributed by atoms with E-state index in [0.717, 1.165) is 30.5 Å². The second-order valence-electron chi connectivity index (χ2n) is 5.12. The normalized spacial score (nSPS) is 15.1. The van der Waals surface area contributed by atoms with E-state index >= 15 is 0 Å². The first-order chi connectivity index (χ1) is 8.68. The third-order valence-corrected chi connectivity index (χ3v) is 3.08. The minimum atomic E-state index is 0.307. The highest BCUT2D eigenvalue weighted by Crippen LogP contribution is 2.28. The Hall–Kier alpha value is -1.36. The topological polar surface area (TPSA) is 73.1 Å². The molecule has 1 aliphatic rings. The van der Waals surface area contributed by atoms with Crippen molar-refractivity contribution < 1.29 is 4.74 Å². The standard InChI is InChI=1S/C13H22N4O/c1-9(2)11-12(14)16-8-17-13(11)15-5-6-18-7-10-3-4-10/h8-10H,3-7H2,1-2H3,(H3,14,15,16,17). The molecule has 0 aromatic carbocycles. The van der Waals surface area contributed by atoms with Crippen molar-refractivity contribution >= 4 is 11.6 Å². The van der Waals surface area contributed by atoms with E-state index in [0.29, 0.717) is 18.3 Å². The maximum Gasteiger partial charge on any atom is 0.135 e. The van der Waals surface area contributed by atoms with Crippen LogP contribution in [-0.4, -0.2) is 29.7 Å². The molecule has 1 aliphatic carbocycles. The summed E-state index contributed by atoms with van der Waals surface area (Å²) < 4.78 is 5.57. The number of aromatic nitrogens is 2. The van der Waals surface area contributed by atoms with Gasteiger partial charge in [0, 0.05) is 18.7 Å². The van der Waals surface area contributed by atoms with Gasteiger partial charge >= 0.3 is 0 Å². The van der Waals surface area contributed by atoms with Gasteiger partial charge in [-0.15, -0.1) is 0 Å². The van der Waals surface area contributed by atoms with Gasteiger partial charge in [0.15, 0.2) is 0 Å². The molecule has 0 atom stereocenters. The highest BCUT2D eigenvalue weighted by molar-refractivity contribution is 5.56. The number of nitrogens with two attached hydrogens (primary N) is 1. The smallest absolute Gasteiger partial charge is 0.135 e. The fourth-order valence-corrected chi connectivity index (χ4v) is 1.90. The fraction of sp³-hybridized carbons (Fsp3) is 0.692. The Bertz CT molecular complexity index is 391. The van der Waals surface area contributed by atoms with Crippen molar-refractivity contribution in [1.29, 1.82) is 0 Å². The number of nitrogen functional groups attached to an aromatic ring is 1. The van der Waals surface area contributed by atoms with Crippen LogP contribution >= 0.6 is 0 Å². The number of nitrogens with zero attached hydrogens (tertiary/aromatic N) is 2. The minimum absolute atomic E-state index is 0.307. The van der Waals surface area contributed by atoms with Crippen molar-refractivity contribution in [3.05, 3.63) is 11.9 Å². The van der Waals surface area contributed by atoms with Gasteiger partial charge in [-0.25, -0.2) is 9.97 Å². The minimum Gasteiger partial charge on any atom is -0.383 e. The highest BCUT2D eigenvalue weighted by Gasteiger charge is 2.20. The van der Waals surface area contributed by atoms with Crippen LogP contribution in [0, 0.1) is 5.92 Å². The van der Waals surface area contributed by atoms with E-state index in [1.807, 2.05) is 0 Å². The molecule has 18 heavy (non-hydrogen) atoms. The van der Waals surface area contributed by atoms with E-state index in [-0.39, 0.29) is 0 Å². The van der Waals surface area contributed by atoms with Gasteiger partial charge in [0.25, 0.3) is 0 Å². The Morgan fingerprint density at radius 2 is 2.22 bits per heavy atom. The molecule has 1 aromatic heterocycles. The largest absolute Gasteiger partial charge is 0.383 e. The average Bonchev–Trinajstić information content (AvgIpc) is 3.12. The van der Waals surface area contributed by atoms with Crippen LogP contribution < -0.4 is 11.1 Å². The summed E-state index contributed by atoms with van der Waals surface area (Å²) in [5, 5.41) is 3.27. The predicted octanol–water partition coefficient (Wildman–Crippen LogP) is 2.02. The van der Waals surface area contributed by atoms with Gasteiger partial charge in [-0.3, -0.25) is 0 Å². The summed E-state index contributed by atoms with van der Waals surface area (Å²) in [6.45, 7) is 6.53.